The largest absolute Gasteiger partial charge is 0.425 e. The van der Waals surface area contributed by atoms with Crippen LogP contribution < -0.4 is 0 Å². The molecule has 4 heterocycles. The van der Waals surface area contributed by atoms with Crippen molar-refractivity contribution in [2.75, 3.05) is 26.3 Å². The lowest BCUT2D eigenvalue weighted by Crippen LogP contribution is -2.37. The number of aryl methyl sites for hydroxylation is 1. The van der Waals surface area contributed by atoms with Crippen LogP contribution in [0.1, 0.15) is 60.8 Å². The summed E-state index contributed by atoms with van der Waals surface area (Å²) in [4.78, 5) is 15.0. The summed E-state index contributed by atoms with van der Waals surface area (Å²) in [6.45, 7) is 6.85. The molecule has 2 fully saturated rings. The molecule has 140 valence electrons. The lowest BCUT2D eigenvalue weighted by atomic mass is 9.72. The Hall–Kier alpha value is -2.15. The molecule has 0 bridgehead atoms. The van der Waals surface area contributed by atoms with E-state index in [2.05, 4.69) is 10.2 Å². The van der Waals surface area contributed by atoms with Crippen LogP contribution in [0, 0.1) is 5.41 Å². The van der Waals surface area contributed by atoms with Crippen LogP contribution in [0.5, 0.6) is 0 Å². The van der Waals surface area contributed by atoms with Gasteiger partial charge in [0, 0.05) is 50.9 Å². The number of hydrogen-bond acceptors (Lipinski definition) is 5. The number of hydrogen-bond donors (Lipinski definition) is 0. The van der Waals surface area contributed by atoms with Crippen LogP contribution in [0.3, 0.4) is 0 Å². The number of nitrogens with zero attached hydrogens (tertiary/aromatic N) is 4. The van der Waals surface area contributed by atoms with E-state index in [1.165, 1.54) is 0 Å². The van der Waals surface area contributed by atoms with Gasteiger partial charge in [-0.1, -0.05) is 13.8 Å². The van der Waals surface area contributed by atoms with Gasteiger partial charge in [-0.2, -0.15) is 0 Å². The SMILES string of the molecule is CC(C)c1nnc(C2CN(C(=O)c3cccn3C)CC23CCOCC3)o1. The fourth-order valence-corrected chi connectivity index (χ4v) is 4.21. The minimum Gasteiger partial charge on any atom is -0.425 e. The number of aromatic nitrogens is 3. The van der Waals surface area contributed by atoms with Crippen molar-refractivity contribution in [1.29, 1.82) is 0 Å². The fraction of sp³-hybridized carbons (Fsp3) is 0.632. The highest BCUT2D eigenvalue weighted by Gasteiger charge is 2.51. The molecule has 1 unspecified atom stereocenters. The molecule has 2 aliphatic heterocycles. The normalized spacial score (nSPS) is 22.5. The maximum Gasteiger partial charge on any atom is 0.270 e. The average Bonchev–Trinajstić information content (AvgIpc) is 3.34. The lowest BCUT2D eigenvalue weighted by molar-refractivity contribution is 0.00883. The Morgan fingerprint density at radius 1 is 1.31 bits per heavy atom. The highest BCUT2D eigenvalue weighted by atomic mass is 16.5. The Morgan fingerprint density at radius 2 is 2.08 bits per heavy atom. The third-order valence-corrected chi connectivity index (χ3v) is 5.83. The molecule has 0 aromatic carbocycles. The third-order valence-electron chi connectivity index (χ3n) is 5.83. The molecular weight excluding hydrogens is 332 g/mol. The van der Waals surface area contributed by atoms with Crippen LogP contribution in [0.2, 0.25) is 0 Å². The van der Waals surface area contributed by atoms with Crippen LogP contribution in [-0.4, -0.2) is 51.9 Å². The molecule has 0 aliphatic carbocycles. The highest BCUT2D eigenvalue weighted by molar-refractivity contribution is 5.93. The first-order chi connectivity index (χ1) is 12.5. The van der Waals surface area contributed by atoms with Crippen LogP contribution in [0.4, 0.5) is 0 Å². The Bertz CT molecular complexity index is 788. The van der Waals surface area contributed by atoms with Gasteiger partial charge in [0.05, 0.1) is 5.92 Å². The summed E-state index contributed by atoms with van der Waals surface area (Å²) in [7, 11) is 1.90. The van der Waals surface area contributed by atoms with Crippen LogP contribution >= 0.6 is 0 Å². The molecule has 0 saturated carbocycles. The van der Waals surface area contributed by atoms with Crippen molar-refractivity contribution >= 4 is 5.91 Å². The van der Waals surface area contributed by atoms with E-state index in [9.17, 15) is 4.79 Å². The maximum atomic E-state index is 13.1. The van der Waals surface area contributed by atoms with Gasteiger partial charge in [0.1, 0.15) is 5.69 Å². The Balaban J connectivity index is 1.64. The predicted molar refractivity (Wildman–Crippen MR) is 94.9 cm³/mol. The van der Waals surface area contributed by atoms with Gasteiger partial charge in [0.25, 0.3) is 5.91 Å². The van der Waals surface area contributed by atoms with Gasteiger partial charge >= 0.3 is 0 Å². The molecule has 1 spiro atoms. The van der Waals surface area contributed by atoms with Gasteiger partial charge in [-0.25, -0.2) is 0 Å². The van der Waals surface area contributed by atoms with Crippen LogP contribution in [-0.2, 0) is 11.8 Å². The summed E-state index contributed by atoms with van der Waals surface area (Å²) >= 11 is 0. The van der Waals surface area contributed by atoms with E-state index in [0.717, 1.165) is 12.8 Å². The van der Waals surface area contributed by atoms with Crippen LogP contribution in [0.25, 0.3) is 0 Å². The lowest BCUT2D eigenvalue weighted by Gasteiger charge is -2.36. The van der Waals surface area contributed by atoms with E-state index < -0.39 is 0 Å². The topological polar surface area (TPSA) is 73.4 Å². The molecule has 2 aromatic heterocycles. The standard InChI is InChI=1S/C19H26N4O3/c1-13(2)16-20-21-17(26-16)14-11-23(12-19(14)6-9-25-10-7-19)18(24)15-5-4-8-22(15)3/h4-5,8,13-14H,6-7,9-12H2,1-3H3. The maximum absolute atomic E-state index is 13.1. The smallest absolute Gasteiger partial charge is 0.270 e. The second-order valence-corrected chi connectivity index (χ2v) is 7.85. The number of rotatable bonds is 3. The van der Waals surface area contributed by atoms with E-state index in [1.807, 2.05) is 48.7 Å². The van der Waals surface area contributed by atoms with Gasteiger partial charge in [-0.15, -0.1) is 10.2 Å². The number of likely N-dealkylation sites (tertiary alicyclic amines) is 1. The zero-order valence-electron chi connectivity index (χ0n) is 15.6. The van der Waals surface area contributed by atoms with Crippen molar-refractivity contribution in [3.63, 3.8) is 0 Å². The molecule has 4 rings (SSSR count). The Morgan fingerprint density at radius 3 is 2.69 bits per heavy atom. The van der Waals surface area contributed by atoms with E-state index in [0.29, 0.717) is 43.8 Å². The van der Waals surface area contributed by atoms with E-state index in [-0.39, 0.29) is 23.2 Å². The summed E-state index contributed by atoms with van der Waals surface area (Å²) in [6, 6.07) is 3.77. The molecule has 1 atom stereocenters. The second kappa shape index (κ2) is 6.54. The summed E-state index contributed by atoms with van der Waals surface area (Å²) in [5.74, 6) is 1.65. The Kier molecular flexibility index (Phi) is 4.34. The van der Waals surface area contributed by atoms with Gasteiger partial charge in [-0.05, 0) is 25.0 Å². The quantitative estimate of drug-likeness (QED) is 0.843. The summed E-state index contributed by atoms with van der Waals surface area (Å²) in [5.41, 5.74) is 0.668. The zero-order valence-corrected chi connectivity index (χ0v) is 15.6. The van der Waals surface area contributed by atoms with E-state index in [1.54, 1.807) is 0 Å². The average molecular weight is 358 g/mol. The molecule has 1 amide bonds. The Labute approximate surface area is 153 Å². The monoisotopic (exact) mass is 358 g/mol. The molecule has 0 N–H and O–H groups in total. The number of ether oxygens (including phenoxy) is 1. The molecule has 2 saturated heterocycles. The van der Waals surface area contributed by atoms with Crippen molar-refractivity contribution in [1.82, 2.24) is 19.7 Å². The minimum atomic E-state index is -0.0418. The fourth-order valence-electron chi connectivity index (χ4n) is 4.21. The summed E-state index contributed by atoms with van der Waals surface area (Å²) in [6.07, 6.45) is 3.72. The molecular formula is C19H26N4O3. The summed E-state index contributed by atoms with van der Waals surface area (Å²) in [5, 5.41) is 8.56. The van der Waals surface area contributed by atoms with Crippen molar-refractivity contribution in [2.45, 2.75) is 38.5 Å². The van der Waals surface area contributed by atoms with Gasteiger partial charge in [0.15, 0.2) is 0 Å². The third kappa shape index (κ3) is 2.84. The molecule has 7 heteroatoms. The minimum absolute atomic E-state index is 0.0418. The first-order valence-corrected chi connectivity index (χ1v) is 9.32. The number of carbonyl (C=O) groups excluding carboxylic acids is 1. The van der Waals surface area contributed by atoms with Crippen molar-refractivity contribution in [3.8, 4) is 0 Å². The molecule has 2 aromatic rings. The van der Waals surface area contributed by atoms with Crippen LogP contribution in [0.15, 0.2) is 22.7 Å². The number of amides is 1. The highest BCUT2D eigenvalue weighted by Crippen LogP contribution is 2.49. The molecule has 26 heavy (non-hydrogen) atoms. The predicted octanol–water partition coefficient (Wildman–Crippen LogP) is 2.57. The first-order valence-electron chi connectivity index (χ1n) is 9.32. The van der Waals surface area contributed by atoms with E-state index >= 15 is 0 Å². The van der Waals surface area contributed by atoms with Crippen molar-refractivity contribution in [2.24, 2.45) is 12.5 Å². The summed E-state index contributed by atoms with van der Waals surface area (Å²) < 4.78 is 13.5. The van der Waals surface area contributed by atoms with E-state index in [4.69, 9.17) is 9.15 Å². The van der Waals surface area contributed by atoms with Gasteiger partial charge in [-0.3, -0.25) is 4.79 Å². The van der Waals surface area contributed by atoms with Crippen molar-refractivity contribution < 1.29 is 13.9 Å². The van der Waals surface area contributed by atoms with Gasteiger partial charge < -0.3 is 18.6 Å². The van der Waals surface area contributed by atoms with Crippen molar-refractivity contribution in [3.05, 3.63) is 35.8 Å². The number of carbonyl (C=O) groups is 1. The molecule has 2 aliphatic rings. The second-order valence-electron chi connectivity index (χ2n) is 7.85. The first kappa shape index (κ1) is 17.3. The molecule has 7 nitrogen and oxygen atoms in total. The zero-order chi connectivity index (χ0) is 18.3. The molecule has 0 radical (unpaired) electrons. The van der Waals surface area contributed by atoms with Gasteiger partial charge in [0.2, 0.25) is 11.8 Å².